The summed E-state index contributed by atoms with van der Waals surface area (Å²) in [6.07, 6.45) is 0. The molecule has 0 fully saturated rings. The Kier molecular flexibility index (Phi) is 14.8. The van der Waals surface area contributed by atoms with Gasteiger partial charge < -0.3 is 14.4 Å². The van der Waals surface area contributed by atoms with Gasteiger partial charge in [-0.2, -0.15) is 0 Å². The van der Waals surface area contributed by atoms with Crippen LogP contribution >= 0.6 is 0 Å². The molecular formula is C92H76BN3Si2. The highest BCUT2D eigenvalue weighted by molar-refractivity contribution is 7.20. The summed E-state index contributed by atoms with van der Waals surface area (Å²) in [6, 6.07) is 135. The second kappa shape index (κ2) is 24.0. The summed E-state index contributed by atoms with van der Waals surface area (Å²) in [7, 11) is -5.92. The number of rotatable bonds is 12. The van der Waals surface area contributed by atoms with Crippen LogP contribution in [0.3, 0.4) is 0 Å². The summed E-state index contributed by atoms with van der Waals surface area (Å²) in [6.45, 7) is 13.9. The summed E-state index contributed by atoms with van der Waals surface area (Å²) in [4.78, 5) is 5.26. The SMILES string of the molecule is CC(C)(C)c1ccc2c(c1)c1cc(C(C)(C)C)ccc1n2-c1cc2c3c(c1)N(c1cccc([Si](c4ccccc4)(c4ccccc4)c4ccccc4)c1)c1cc(-c4ccccc4)ccc1B3c1ccccc1N2c1ccc([Si](c2ccccc2)(c2ccccc2)c2ccccc2)cc1. The van der Waals surface area contributed by atoms with Crippen LogP contribution in [0.15, 0.2) is 352 Å². The van der Waals surface area contributed by atoms with Crippen LogP contribution in [0, 0.1) is 0 Å². The molecule has 0 unspecified atom stereocenters. The van der Waals surface area contributed by atoms with Gasteiger partial charge in [0.05, 0.1) is 16.7 Å². The first-order valence-corrected chi connectivity index (χ1v) is 38.6. The Balaban J connectivity index is 0.981. The van der Waals surface area contributed by atoms with Crippen molar-refractivity contribution in [2.75, 3.05) is 9.80 Å². The van der Waals surface area contributed by atoms with Crippen molar-refractivity contribution in [1.29, 1.82) is 0 Å². The van der Waals surface area contributed by atoms with E-state index < -0.39 is 16.1 Å². The fraction of sp³-hybridized carbons (Fsp3) is 0.0870. The molecule has 14 aromatic carbocycles. The third-order valence-electron chi connectivity index (χ3n) is 21.2. The van der Waals surface area contributed by atoms with Crippen LogP contribution in [-0.4, -0.2) is 27.4 Å². The van der Waals surface area contributed by atoms with Crippen molar-refractivity contribution in [3.63, 3.8) is 0 Å². The molecule has 2 aliphatic rings. The van der Waals surface area contributed by atoms with E-state index in [1.54, 1.807) is 0 Å². The number of hydrogen-bond donors (Lipinski definition) is 0. The fourth-order valence-corrected chi connectivity index (χ4v) is 26.1. The minimum Gasteiger partial charge on any atom is -0.311 e. The third kappa shape index (κ3) is 9.82. The molecule has 1 aromatic heterocycles. The maximum atomic E-state index is 2.66. The topological polar surface area (TPSA) is 11.4 Å². The van der Waals surface area contributed by atoms with Crippen molar-refractivity contribution in [3.05, 3.63) is 363 Å². The van der Waals surface area contributed by atoms with E-state index in [4.69, 9.17) is 0 Å². The van der Waals surface area contributed by atoms with Crippen LogP contribution in [0.2, 0.25) is 0 Å². The number of nitrogens with zero attached hydrogens (tertiary/aromatic N) is 3. The molecule has 0 amide bonds. The predicted octanol–water partition coefficient (Wildman–Crippen LogP) is 15.9. The zero-order valence-electron chi connectivity index (χ0n) is 56.4. The molecule has 17 rings (SSSR count). The largest absolute Gasteiger partial charge is 0.311 e. The van der Waals surface area contributed by atoms with Crippen LogP contribution in [0.1, 0.15) is 52.7 Å². The lowest BCUT2D eigenvalue weighted by atomic mass is 9.33. The second-order valence-corrected chi connectivity index (χ2v) is 36.4. The van der Waals surface area contributed by atoms with Crippen molar-refractivity contribution in [1.82, 2.24) is 4.57 Å². The Morgan fingerprint density at radius 3 is 1.10 bits per heavy atom. The van der Waals surface area contributed by atoms with Crippen LogP contribution in [-0.2, 0) is 10.8 Å². The summed E-state index contributed by atoms with van der Waals surface area (Å²) in [5.41, 5.74) is 19.0. The summed E-state index contributed by atoms with van der Waals surface area (Å²) in [5, 5.41) is 13.2. The average molecular weight is 1290 g/mol. The number of hydrogen-bond acceptors (Lipinski definition) is 2. The molecule has 470 valence electrons. The number of benzene rings is 14. The molecule has 0 spiro atoms. The number of aromatic nitrogens is 1. The van der Waals surface area contributed by atoms with Gasteiger partial charge in [-0.3, -0.25) is 0 Å². The zero-order chi connectivity index (χ0) is 66.3. The van der Waals surface area contributed by atoms with Gasteiger partial charge in [-0.1, -0.05) is 321 Å². The highest BCUT2D eigenvalue weighted by Gasteiger charge is 2.47. The number of fused-ring (bicyclic) bond motifs is 7. The van der Waals surface area contributed by atoms with Gasteiger partial charge in [0, 0.05) is 44.9 Å². The van der Waals surface area contributed by atoms with Gasteiger partial charge in [0.2, 0.25) is 0 Å². The van der Waals surface area contributed by atoms with Crippen molar-refractivity contribution in [2.45, 2.75) is 52.4 Å². The first-order chi connectivity index (χ1) is 47.9. The van der Waals surface area contributed by atoms with Crippen molar-refractivity contribution >= 4 is 137 Å². The van der Waals surface area contributed by atoms with Gasteiger partial charge in [0.25, 0.3) is 6.71 Å². The maximum Gasteiger partial charge on any atom is 0.252 e. The zero-order valence-corrected chi connectivity index (χ0v) is 58.4. The Morgan fingerprint density at radius 1 is 0.255 bits per heavy atom. The summed E-state index contributed by atoms with van der Waals surface area (Å²) < 4.78 is 2.58. The molecule has 2 aliphatic heterocycles. The Morgan fingerprint density at radius 2 is 0.643 bits per heavy atom. The lowest BCUT2D eigenvalue weighted by molar-refractivity contribution is 0.590. The van der Waals surface area contributed by atoms with E-state index in [0.717, 1.165) is 28.4 Å². The summed E-state index contributed by atoms with van der Waals surface area (Å²) in [5.74, 6) is 0. The minimum atomic E-state index is -3.04. The Hall–Kier alpha value is -11.0. The van der Waals surface area contributed by atoms with E-state index in [-0.39, 0.29) is 17.5 Å². The average Bonchev–Trinajstić information content (AvgIpc) is 0.765. The molecule has 0 atom stereocenters. The lowest BCUT2D eigenvalue weighted by Gasteiger charge is -2.45. The molecule has 0 saturated carbocycles. The molecule has 98 heavy (non-hydrogen) atoms. The van der Waals surface area contributed by atoms with E-state index in [0.29, 0.717) is 0 Å². The Bertz CT molecular complexity index is 5190. The molecule has 0 N–H and O–H groups in total. The minimum absolute atomic E-state index is 0.0624. The van der Waals surface area contributed by atoms with Crippen molar-refractivity contribution in [2.24, 2.45) is 0 Å². The van der Waals surface area contributed by atoms with Gasteiger partial charge >= 0.3 is 0 Å². The fourth-order valence-electron chi connectivity index (χ4n) is 16.5. The highest BCUT2D eigenvalue weighted by Crippen LogP contribution is 2.48. The van der Waals surface area contributed by atoms with Crippen molar-refractivity contribution < 1.29 is 0 Å². The standard InChI is InChI=1S/C92H76BN3Si2/c1-91(2,3)67-50-57-84-80(60-67)81-61-68(92(4,5)6)51-58-85(81)96(84)71-63-88-90-89(64-71)95(70-33-30-46-79(62-70)98(75-40-22-11-23-41-75,76-42-24-12-25-43-76)77-44-26-13-27-45-77)87-59-66(65-31-14-7-15-32-65)49-56-83(87)93(90)82-47-28-29-48-86(82)94(88)69-52-54-78(55-53-69)97(72-34-16-8-17-35-72,73-36-18-9-19-37-73)74-38-20-10-21-39-74/h7-64H,1-6H3. The quantitative estimate of drug-likeness (QED) is 0.0892. The molecule has 6 heteroatoms. The molecule has 3 heterocycles. The van der Waals surface area contributed by atoms with Gasteiger partial charge in [0.15, 0.2) is 16.1 Å². The molecular weight excluding hydrogens is 1210 g/mol. The van der Waals surface area contributed by atoms with Crippen molar-refractivity contribution in [3.8, 4) is 16.8 Å². The maximum absolute atomic E-state index is 3.04. The summed E-state index contributed by atoms with van der Waals surface area (Å²) >= 11 is 0. The number of anilines is 6. The second-order valence-electron chi connectivity index (χ2n) is 28.8. The van der Waals surface area contributed by atoms with E-state index in [9.17, 15) is 0 Å². The van der Waals surface area contributed by atoms with Crippen LogP contribution < -0.4 is 67.7 Å². The normalized spacial score (nSPS) is 12.9. The molecule has 15 aromatic rings. The van der Waals surface area contributed by atoms with E-state index in [2.05, 4.69) is 408 Å². The van der Waals surface area contributed by atoms with Gasteiger partial charge in [0.1, 0.15) is 0 Å². The predicted molar refractivity (Wildman–Crippen MR) is 425 cm³/mol. The van der Waals surface area contributed by atoms with Gasteiger partial charge in [-0.05, 0) is 164 Å². The number of para-hydroxylation sites is 1. The van der Waals surface area contributed by atoms with Gasteiger partial charge in [-0.25, -0.2) is 0 Å². The van der Waals surface area contributed by atoms with Crippen LogP contribution in [0.25, 0.3) is 38.6 Å². The molecule has 0 radical (unpaired) electrons. The van der Waals surface area contributed by atoms with Gasteiger partial charge in [-0.15, -0.1) is 0 Å². The molecule has 0 saturated heterocycles. The van der Waals surface area contributed by atoms with E-state index >= 15 is 0 Å². The smallest absolute Gasteiger partial charge is 0.252 e. The van der Waals surface area contributed by atoms with Crippen LogP contribution in [0.5, 0.6) is 0 Å². The Labute approximate surface area is 579 Å². The lowest BCUT2D eigenvalue weighted by Crippen LogP contribution is -2.74. The third-order valence-corrected chi connectivity index (χ3v) is 30.7. The highest BCUT2D eigenvalue weighted by atomic mass is 28.3. The molecule has 0 bridgehead atoms. The monoisotopic (exact) mass is 1290 g/mol. The molecule has 0 aliphatic carbocycles. The van der Waals surface area contributed by atoms with E-state index in [1.165, 1.54) is 113 Å². The first kappa shape index (κ1) is 60.6. The van der Waals surface area contributed by atoms with E-state index in [1.807, 2.05) is 0 Å². The van der Waals surface area contributed by atoms with Crippen LogP contribution in [0.4, 0.5) is 34.1 Å². The first-order valence-electron chi connectivity index (χ1n) is 34.6. The molecule has 3 nitrogen and oxygen atoms in total.